The van der Waals surface area contributed by atoms with Crippen LogP contribution in [0.2, 0.25) is 0 Å². The summed E-state index contributed by atoms with van der Waals surface area (Å²) in [5.41, 5.74) is 12.0. The number of anilines is 3. The quantitative estimate of drug-likeness (QED) is 0.148. The van der Waals surface area contributed by atoms with Gasteiger partial charge in [0, 0.05) is 67.2 Å². The zero-order valence-electron chi connectivity index (χ0n) is 29.0. The van der Waals surface area contributed by atoms with Gasteiger partial charge in [0.15, 0.2) is 0 Å². The molecule has 0 N–H and O–H groups in total. The second-order valence-corrected chi connectivity index (χ2v) is 13.8. The number of benzene rings is 6. The Morgan fingerprint density at radius 2 is 1.04 bits per heavy atom. The Bertz CT molecular complexity index is 2680. The number of nitrogens with zero attached hydrogens (tertiary/aromatic N) is 5. The van der Waals surface area contributed by atoms with E-state index in [-0.39, 0.29) is 0 Å². The molecule has 3 heterocycles. The van der Waals surface area contributed by atoms with Crippen molar-refractivity contribution in [1.29, 1.82) is 0 Å². The first-order valence-corrected chi connectivity index (χ1v) is 18.3. The van der Waals surface area contributed by atoms with Gasteiger partial charge in [-0.05, 0) is 73.4 Å². The molecule has 9 rings (SSSR count). The molecule has 0 amide bonds. The van der Waals surface area contributed by atoms with Crippen molar-refractivity contribution < 1.29 is 0 Å². The second kappa shape index (κ2) is 13.8. The van der Waals surface area contributed by atoms with E-state index in [1.807, 2.05) is 31.3 Å². The Balaban J connectivity index is 1.10. The smallest absolute Gasteiger partial charge is 0.125 e. The highest BCUT2D eigenvalue weighted by atomic mass is 32.1. The summed E-state index contributed by atoms with van der Waals surface area (Å²) < 4.78 is 1.17. The predicted octanol–water partition coefficient (Wildman–Crippen LogP) is 12.6. The van der Waals surface area contributed by atoms with Crippen LogP contribution in [-0.2, 0) is 0 Å². The van der Waals surface area contributed by atoms with E-state index in [1.165, 1.54) is 4.70 Å². The van der Waals surface area contributed by atoms with Crippen LogP contribution in [-0.4, -0.2) is 29.4 Å². The Morgan fingerprint density at radius 3 is 1.57 bits per heavy atom. The maximum Gasteiger partial charge on any atom is 0.125 e. The molecule has 6 heteroatoms. The van der Waals surface area contributed by atoms with Crippen molar-refractivity contribution in [1.82, 2.24) is 9.97 Å². The van der Waals surface area contributed by atoms with Gasteiger partial charge in [-0.2, -0.15) is 0 Å². The third-order valence-electron chi connectivity index (χ3n) is 9.62. The van der Waals surface area contributed by atoms with Crippen LogP contribution in [0.25, 0.3) is 54.4 Å². The fourth-order valence-electron chi connectivity index (χ4n) is 6.99. The summed E-state index contributed by atoms with van der Waals surface area (Å²) in [6.45, 7) is 3.87. The molecule has 0 radical (unpaired) electrons. The van der Waals surface area contributed by atoms with Gasteiger partial charge in [-0.15, -0.1) is 11.3 Å². The van der Waals surface area contributed by atoms with Gasteiger partial charge in [0.05, 0.1) is 28.1 Å². The Hall–Kier alpha value is -6.76. The lowest BCUT2D eigenvalue weighted by Gasteiger charge is -2.26. The van der Waals surface area contributed by atoms with Gasteiger partial charge >= 0.3 is 0 Å². The fraction of sp³-hybridized carbons (Fsp3) is 0.0213. The summed E-state index contributed by atoms with van der Waals surface area (Å²) >= 11 is 1.64. The molecular weight excluding hydrogens is 667 g/mol. The molecule has 0 bridgehead atoms. The van der Waals surface area contributed by atoms with Crippen molar-refractivity contribution in [3.05, 3.63) is 181 Å². The molecule has 0 aliphatic carbocycles. The lowest BCUT2D eigenvalue weighted by molar-refractivity contribution is 1.28. The van der Waals surface area contributed by atoms with E-state index in [9.17, 15) is 0 Å². The number of pyridine rings is 2. The monoisotopic (exact) mass is 699 g/mol. The maximum absolute atomic E-state index is 4.94. The van der Waals surface area contributed by atoms with Gasteiger partial charge in [0.25, 0.3) is 0 Å². The Morgan fingerprint density at radius 1 is 0.547 bits per heavy atom. The number of hydrogen-bond acceptors (Lipinski definition) is 6. The number of aliphatic imine (C=N–C) groups is 2. The molecule has 0 spiro atoms. The van der Waals surface area contributed by atoms with E-state index in [0.29, 0.717) is 0 Å². The first-order valence-electron chi connectivity index (χ1n) is 17.5. The highest BCUT2D eigenvalue weighted by Crippen LogP contribution is 2.40. The SMILES string of the molecule is C=Nc1sc2ccccc2c1C(=NC)c1ccc(N(c2ccc(-c3ccc4ccccc4n3)cc2)c2ccc(-c3ccc4ccccc4n3)cc2)cc1. The van der Waals surface area contributed by atoms with Crippen LogP contribution in [0.5, 0.6) is 0 Å². The van der Waals surface area contributed by atoms with Crippen LogP contribution in [0, 0.1) is 0 Å². The molecule has 53 heavy (non-hydrogen) atoms. The molecule has 0 aliphatic heterocycles. The fourth-order valence-corrected chi connectivity index (χ4v) is 8.00. The average Bonchev–Trinajstić information content (AvgIpc) is 3.60. The highest BCUT2D eigenvalue weighted by molar-refractivity contribution is 7.23. The predicted molar refractivity (Wildman–Crippen MR) is 225 cm³/mol. The summed E-state index contributed by atoms with van der Waals surface area (Å²) in [4.78, 5) is 21.3. The molecule has 6 aromatic carbocycles. The molecule has 0 fully saturated rings. The van der Waals surface area contributed by atoms with Gasteiger partial charge in [-0.3, -0.25) is 9.98 Å². The molecule has 252 valence electrons. The normalized spacial score (nSPS) is 11.7. The lowest BCUT2D eigenvalue weighted by atomic mass is 10.00. The van der Waals surface area contributed by atoms with Crippen LogP contribution < -0.4 is 4.90 Å². The average molecular weight is 700 g/mol. The molecule has 0 saturated carbocycles. The third-order valence-corrected chi connectivity index (χ3v) is 10.7. The van der Waals surface area contributed by atoms with Crippen molar-refractivity contribution in [3.63, 3.8) is 0 Å². The van der Waals surface area contributed by atoms with Crippen molar-refractivity contribution in [2.75, 3.05) is 11.9 Å². The standard InChI is InChI=1S/C47H33N5S/c1-48-46(45-39-11-5-8-14-44(39)53-47(45)49-2)35-19-27-38(28-20-35)52(36-23-15-33(16-24-36)42-29-21-31-9-3-6-12-40(31)50-42)37-25-17-34(18-26-37)43-30-22-32-10-4-7-13-41(32)51-43/h3-30H,2H2,1H3. The maximum atomic E-state index is 4.94. The minimum atomic E-state index is 0.875. The van der Waals surface area contributed by atoms with Crippen molar-refractivity contribution in [2.24, 2.45) is 9.98 Å². The largest absolute Gasteiger partial charge is 0.311 e. The van der Waals surface area contributed by atoms with Crippen molar-refractivity contribution in [3.8, 4) is 22.5 Å². The van der Waals surface area contributed by atoms with E-state index in [1.54, 1.807) is 11.3 Å². The summed E-state index contributed by atoms with van der Waals surface area (Å²) in [5.74, 6) is 0. The molecule has 0 atom stereocenters. The molecule has 5 nitrogen and oxygen atoms in total. The zero-order valence-corrected chi connectivity index (χ0v) is 29.8. The Kier molecular flexibility index (Phi) is 8.35. The van der Waals surface area contributed by atoms with Gasteiger partial charge in [0.2, 0.25) is 0 Å². The van der Waals surface area contributed by atoms with E-state index in [4.69, 9.17) is 15.0 Å². The minimum Gasteiger partial charge on any atom is -0.311 e. The zero-order chi connectivity index (χ0) is 35.7. The van der Waals surface area contributed by atoms with Gasteiger partial charge < -0.3 is 4.90 Å². The van der Waals surface area contributed by atoms with Crippen LogP contribution in [0.4, 0.5) is 22.1 Å². The molecular formula is C47H33N5S. The molecule has 0 unspecified atom stereocenters. The van der Waals surface area contributed by atoms with Crippen molar-refractivity contribution >= 4 is 77.7 Å². The van der Waals surface area contributed by atoms with Crippen LogP contribution in [0.1, 0.15) is 11.1 Å². The molecule has 3 aromatic heterocycles. The highest BCUT2D eigenvalue weighted by Gasteiger charge is 2.19. The summed E-state index contributed by atoms with van der Waals surface area (Å²) in [5, 5.41) is 4.27. The topological polar surface area (TPSA) is 53.7 Å². The van der Waals surface area contributed by atoms with Crippen LogP contribution in [0.15, 0.2) is 180 Å². The summed E-state index contributed by atoms with van der Waals surface area (Å²) in [6.07, 6.45) is 0. The van der Waals surface area contributed by atoms with E-state index in [0.717, 1.165) is 88.6 Å². The second-order valence-electron chi connectivity index (χ2n) is 12.8. The summed E-state index contributed by atoms with van der Waals surface area (Å²) in [6, 6.07) is 59.1. The minimum absolute atomic E-state index is 0.875. The Labute approximate surface area is 311 Å². The molecule has 0 saturated heterocycles. The lowest BCUT2D eigenvalue weighted by Crippen LogP contribution is -2.10. The van der Waals surface area contributed by atoms with E-state index in [2.05, 4.69) is 162 Å². The van der Waals surface area contributed by atoms with Crippen LogP contribution >= 0.6 is 11.3 Å². The van der Waals surface area contributed by atoms with Gasteiger partial charge in [-0.25, -0.2) is 9.97 Å². The third kappa shape index (κ3) is 6.05. The number of para-hydroxylation sites is 2. The van der Waals surface area contributed by atoms with E-state index >= 15 is 0 Å². The number of aromatic nitrogens is 2. The number of hydrogen-bond donors (Lipinski definition) is 0. The van der Waals surface area contributed by atoms with E-state index < -0.39 is 0 Å². The van der Waals surface area contributed by atoms with Crippen LogP contribution in [0.3, 0.4) is 0 Å². The number of rotatable bonds is 8. The number of thiophene rings is 1. The molecule has 9 aromatic rings. The van der Waals surface area contributed by atoms with Gasteiger partial charge in [0.1, 0.15) is 5.00 Å². The number of fused-ring (bicyclic) bond motifs is 3. The molecule has 0 aliphatic rings. The first-order chi connectivity index (χ1) is 26.2. The first kappa shape index (κ1) is 32.2. The van der Waals surface area contributed by atoms with Crippen molar-refractivity contribution in [2.45, 2.75) is 0 Å². The summed E-state index contributed by atoms with van der Waals surface area (Å²) in [7, 11) is 1.84. The van der Waals surface area contributed by atoms with Gasteiger partial charge in [-0.1, -0.05) is 103 Å².